The molecule has 1 aromatic carbocycles. The maximum Gasteiger partial charge on any atom is 0.109 e. The van der Waals surface area contributed by atoms with Crippen molar-refractivity contribution in [1.29, 1.82) is 0 Å². The van der Waals surface area contributed by atoms with Crippen LogP contribution in [0.1, 0.15) is 5.56 Å². The average Bonchev–Trinajstić information content (AvgIpc) is 2.06. The lowest BCUT2D eigenvalue weighted by molar-refractivity contribution is 0.0966. The van der Waals surface area contributed by atoms with Gasteiger partial charge in [0.2, 0.25) is 0 Å². The number of hydrogen-bond acceptors (Lipinski definition) is 1. The second-order valence-corrected chi connectivity index (χ2v) is 2.55. The van der Waals surface area contributed by atoms with Gasteiger partial charge in [0.25, 0.3) is 0 Å². The van der Waals surface area contributed by atoms with Crippen LogP contribution in [0, 0.1) is 0 Å². The topological polar surface area (TPSA) is 45.9 Å². The van der Waals surface area contributed by atoms with Crippen LogP contribution in [0.4, 0.5) is 0 Å². The van der Waals surface area contributed by atoms with E-state index in [1.807, 2.05) is 30.3 Å². The highest BCUT2D eigenvalue weighted by atomic mass is 16.3. The monoisotopic (exact) mass is 150 g/mol. The van der Waals surface area contributed by atoms with Crippen LogP contribution < -0.4 is 5.73 Å². The zero-order valence-corrected chi connectivity index (χ0v) is 6.36. The minimum Gasteiger partial charge on any atom is -0.328 e. The highest BCUT2D eigenvalue weighted by molar-refractivity contribution is 5.15. The van der Waals surface area contributed by atoms with E-state index in [1.165, 1.54) is 0 Å². The summed E-state index contributed by atoms with van der Waals surface area (Å²) < 4.78 is 0. The molecule has 0 aliphatic carbocycles. The lowest BCUT2D eigenvalue weighted by Gasteiger charge is -2.03. The molecular weight excluding hydrogens is 138 g/mol. The molecule has 0 bridgehead atoms. The van der Waals surface area contributed by atoms with Crippen molar-refractivity contribution in [2.24, 2.45) is 5.73 Å². The van der Waals surface area contributed by atoms with Gasteiger partial charge in [0.15, 0.2) is 0 Å². The number of hydrogen-bond donors (Lipinski definition) is 1. The third-order valence-electron chi connectivity index (χ3n) is 1.57. The molecule has 1 radical (unpaired) electrons. The van der Waals surface area contributed by atoms with Gasteiger partial charge in [0.05, 0.1) is 0 Å². The van der Waals surface area contributed by atoms with Crippen molar-refractivity contribution in [3.63, 3.8) is 0 Å². The average molecular weight is 150 g/mol. The first kappa shape index (κ1) is 8.24. The minimum atomic E-state index is -0.655. The first-order chi connectivity index (χ1) is 5.33. The van der Waals surface area contributed by atoms with E-state index in [0.29, 0.717) is 6.42 Å². The van der Waals surface area contributed by atoms with E-state index in [2.05, 4.69) is 0 Å². The fourth-order valence-corrected chi connectivity index (χ4v) is 0.960. The number of benzene rings is 1. The Balaban J connectivity index is 2.51. The second kappa shape index (κ2) is 4.11. The van der Waals surface area contributed by atoms with Gasteiger partial charge in [0.1, 0.15) is 6.10 Å². The Bertz CT molecular complexity index is 198. The number of nitrogens with two attached hydrogens (primary N) is 1. The Morgan fingerprint density at radius 1 is 1.27 bits per heavy atom. The van der Waals surface area contributed by atoms with Crippen LogP contribution in [0.15, 0.2) is 30.3 Å². The summed E-state index contributed by atoms with van der Waals surface area (Å²) in [5, 5.41) is 10.9. The van der Waals surface area contributed by atoms with E-state index in [9.17, 15) is 5.11 Å². The third-order valence-corrected chi connectivity index (χ3v) is 1.57. The van der Waals surface area contributed by atoms with Crippen LogP contribution in [0.3, 0.4) is 0 Å². The van der Waals surface area contributed by atoms with Crippen molar-refractivity contribution < 1.29 is 5.11 Å². The highest BCUT2D eigenvalue weighted by Crippen LogP contribution is 2.01. The quantitative estimate of drug-likeness (QED) is 0.686. The summed E-state index contributed by atoms with van der Waals surface area (Å²) >= 11 is 0. The molecule has 0 aliphatic rings. The molecule has 2 heteroatoms. The van der Waals surface area contributed by atoms with Gasteiger partial charge < -0.3 is 5.73 Å². The van der Waals surface area contributed by atoms with Crippen LogP contribution in [0.25, 0.3) is 0 Å². The summed E-state index contributed by atoms with van der Waals surface area (Å²) in [5.41, 5.74) is 6.27. The lowest BCUT2D eigenvalue weighted by Crippen LogP contribution is -2.20. The van der Waals surface area contributed by atoms with E-state index in [1.54, 1.807) is 0 Å². The molecule has 0 heterocycles. The van der Waals surface area contributed by atoms with Crippen LogP contribution in [-0.4, -0.2) is 12.6 Å². The van der Waals surface area contributed by atoms with E-state index >= 15 is 0 Å². The van der Waals surface area contributed by atoms with Gasteiger partial charge in [-0.3, -0.25) is 0 Å². The van der Waals surface area contributed by atoms with E-state index in [0.717, 1.165) is 5.56 Å². The zero-order valence-electron chi connectivity index (χ0n) is 6.36. The first-order valence-electron chi connectivity index (χ1n) is 3.72. The molecule has 1 aromatic rings. The molecule has 0 spiro atoms. The van der Waals surface area contributed by atoms with Gasteiger partial charge in [-0.05, 0) is 5.56 Å². The SMILES string of the molecule is NCC([O])Cc1ccccc1. The van der Waals surface area contributed by atoms with Gasteiger partial charge >= 0.3 is 0 Å². The predicted octanol–water partition coefficient (Wildman–Crippen LogP) is 0.987. The molecule has 2 nitrogen and oxygen atoms in total. The Morgan fingerprint density at radius 2 is 1.91 bits per heavy atom. The Morgan fingerprint density at radius 3 is 2.45 bits per heavy atom. The summed E-state index contributed by atoms with van der Waals surface area (Å²) in [4.78, 5) is 0. The van der Waals surface area contributed by atoms with Crippen LogP contribution >= 0.6 is 0 Å². The van der Waals surface area contributed by atoms with Crippen LogP contribution in [-0.2, 0) is 11.5 Å². The number of rotatable bonds is 3. The largest absolute Gasteiger partial charge is 0.328 e. The Hall–Kier alpha value is -0.860. The van der Waals surface area contributed by atoms with Gasteiger partial charge in [-0.25, -0.2) is 5.11 Å². The maximum absolute atomic E-state index is 10.9. The maximum atomic E-state index is 10.9. The van der Waals surface area contributed by atoms with Crippen molar-refractivity contribution in [3.8, 4) is 0 Å². The molecule has 0 aromatic heterocycles. The highest BCUT2D eigenvalue weighted by Gasteiger charge is 2.02. The predicted molar refractivity (Wildman–Crippen MR) is 43.7 cm³/mol. The van der Waals surface area contributed by atoms with Crippen molar-refractivity contribution in [1.82, 2.24) is 0 Å². The van der Waals surface area contributed by atoms with E-state index in [4.69, 9.17) is 5.73 Å². The summed E-state index contributed by atoms with van der Waals surface area (Å²) in [7, 11) is 0. The summed E-state index contributed by atoms with van der Waals surface area (Å²) in [6, 6.07) is 9.68. The molecule has 11 heavy (non-hydrogen) atoms. The van der Waals surface area contributed by atoms with Gasteiger partial charge in [0, 0.05) is 13.0 Å². The third kappa shape index (κ3) is 2.70. The Labute approximate surface area is 66.7 Å². The molecule has 0 aliphatic heterocycles. The molecule has 59 valence electrons. The van der Waals surface area contributed by atoms with Crippen LogP contribution in [0.5, 0.6) is 0 Å². The Kier molecular flexibility index (Phi) is 3.08. The fraction of sp³-hybridized carbons (Fsp3) is 0.333. The van der Waals surface area contributed by atoms with Crippen molar-refractivity contribution in [2.75, 3.05) is 6.54 Å². The minimum absolute atomic E-state index is 0.217. The van der Waals surface area contributed by atoms with E-state index < -0.39 is 6.10 Å². The molecule has 0 fully saturated rings. The smallest absolute Gasteiger partial charge is 0.109 e. The van der Waals surface area contributed by atoms with Crippen molar-refractivity contribution >= 4 is 0 Å². The summed E-state index contributed by atoms with van der Waals surface area (Å²) in [6.07, 6.45) is -0.116. The van der Waals surface area contributed by atoms with Gasteiger partial charge in [-0.2, -0.15) is 0 Å². The summed E-state index contributed by atoms with van der Waals surface area (Å²) in [5.74, 6) is 0. The van der Waals surface area contributed by atoms with Gasteiger partial charge in [-0.1, -0.05) is 30.3 Å². The molecule has 0 saturated heterocycles. The molecule has 1 atom stereocenters. The first-order valence-corrected chi connectivity index (χ1v) is 3.72. The normalized spacial score (nSPS) is 12.9. The lowest BCUT2D eigenvalue weighted by atomic mass is 10.1. The van der Waals surface area contributed by atoms with Crippen molar-refractivity contribution in [3.05, 3.63) is 35.9 Å². The molecular formula is C9H12NO. The molecule has 0 saturated carbocycles. The molecule has 1 rings (SSSR count). The van der Waals surface area contributed by atoms with Crippen molar-refractivity contribution in [2.45, 2.75) is 12.5 Å². The second-order valence-electron chi connectivity index (χ2n) is 2.55. The van der Waals surface area contributed by atoms with Crippen LogP contribution in [0.2, 0.25) is 0 Å². The fourth-order valence-electron chi connectivity index (χ4n) is 0.960. The zero-order chi connectivity index (χ0) is 8.10. The molecule has 2 N–H and O–H groups in total. The standard InChI is InChI=1S/C9H12NO/c10-7-9(11)6-8-4-2-1-3-5-8/h1-5,9H,6-7,10H2. The molecule has 0 amide bonds. The molecule has 1 unspecified atom stereocenters. The van der Waals surface area contributed by atoms with Gasteiger partial charge in [-0.15, -0.1) is 0 Å². The summed E-state index contributed by atoms with van der Waals surface area (Å²) in [6.45, 7) is 0.217. The van der Waals surface area contributed by atoms with E-state index in [-0.39, 0.29) is 6.54 Å².